The number of hydrogen-bond donors (Lipinski definition) is 2. The summed E-state index contributed by atoms with van der Waals surface area (Å²) in [4.78, 5) is 28.0. The Morgan fingerprint density at radius 3 is 2.92 bits per heavy atom. The molecule has 5 heterocycles. The highest BCUT2D eigenvalue weighted by molar-refractivity contribution is 7.22. The van der Waals surface area contributed by atoms with Gasteiger partial charge < -0.3 is 15.0 Å². The zero-order valence-electron chi connectivity index (χ0n) is 14.4. The van der Waals surface area contributed by atoms with Gasteiger partial charge in [0.1, 0.15) is 6.33 Å². The molecule has 3 saturated heterocycles. The summed E-state index contributed by atoms with van der Waals surface area (Å²) in [5, 5.41) is 6.32. The van der Waals surface area contributed by atoms with E-state index in [1.165, 1.54) is 50.7 Å². The number of methoxy groups -OCH3 is 1. The molecule has 0 radical (unpaired) electrons. The average Bonchev–Trinajstić information content (AvgIpc) is 3.03. The predicted octanol–water partition coefficient (Wildman–Crippen LogP) is 1.95. The van der Waals surface area contributed by atoms with Crippen molar-refractivity contribution in [3.05, 3.63) is 6.33 Å². The van der Waals surface area contributed by atoms with Crippen LogP contribution in [0.3, 0.4) is 0 Å². The molecule has 25 heavy (non-hydrogen) atoms. The van der Waals surface area contributed by atoms with E-state index in [-0.39, 0.29) is 11.4 Å². The lowest BCUT2D eigenvalue weighted by molar-refractivity contribution is -0.0140. The molecular weight excluding hydrogens is 340 g/mol. The van der Waals surface area contributed by atoms with Crippen molar-refractivity contribution in [3.63, 3.8) is 0 Å². The maximum atomic E-state index is 12.3. The summed E-state index contributed by atoms with van der Waals surface area (Å²) in [5.74, 6) is 1.11. The molecule has 1 atom stereocenters. The first-order valence-corrected chi connectivity index (χ1v) is 9.32. The lowest BCUT2D eigenvalue weighted by Gasteiger charge is -2.51. The quantitative estimate of drug-likeness (QED) is 0.864. The van der Waals surface area contributed by atoms with Crippen LogP contribution in [-0.4, -0.2) is 59.2 Å². The molecule has 2 bridgehead atoms. The number of anilines is 1. The van der Waals surface area contributed by atoms with Crippen LogP contribution in [0.2, 0.25) is 0 Å². The first-order valence-electron chi connectivity index (χ1n) is 8.50. The number of amides is 2. The van der Waals surface area contributed by atoms with E-state index in [0.717, 1.165) is 6.54 Å². The minimum atomic E-state index is -0.233. The van der Waals surface area contributed by atoms with Gasteiger partial charge in [0.2, 0.25) is 5.88 Å². The Balaban J connectivity index is 1.39. The molecule has 134 valence electrons. The molecule has 8 nitrogen and oxygen atoms in total. The lowest BCUT2D eigenvalue weighted by atomic mass is 9.68. The molecule has 9 heteroatoms. The average molecular weight is 362 g/mol. The van der Waals surface area contributed by atoms with Crippen molar-refractivity contribution in [2.75, 3.05) is 38.6 Å². The molecule has 2 aromatic heterocycles. The van der Waals surface area contributed by atoms with Crippen molar-refractivity contribution in [1.82, 2.24) is 25.2 Å². The highest BCUT2D eigenvalue weighted by Crippen LogP contribution is 2.41. The highest BCUT2D eigenvalue weighted by atomic mass is 32.1. The molecule has 2 amide bonds. The monoisotopic (exact) mass is 362 g/mol. The Kier molecular flexibility index (Phi) is 4.20. The first kappa shape index (κ1) is 16.5. The van der Waals surface area contributed by atoms with Crippen LogP contribution in [0.15, 0.2) is 6.33 Å². The minimum absolute atomic E-state index is 0.149. The van der Waals surface area contributed by atoms with E-state index >= 15 is 0 Å². The fourth-order valence-corrected chi connectivity index (χ4v) is 4.78. The molecule has 3 aliphatic rings. The Morgan fingerprint density at radius 1 is 1.44 bits per heavy atom. The summed E-state index contributed by atoms with van der Waals surface area (Å²) < 4.78 is 5.17. The van der Waals surface area contributed by atoms with Gasteiger partial charge in [-0.1, -0.05) is 18.3 Å². The lowest BCUT2D eigenvalue weighted by Crippen LogP contribution is -2.57. The second-order valence-electron chi connectivity index (χ2n) is 7.07. The van der Waals surface area contributed by atoms with Crippen LogP contribution >= 0.6 is 11.3 Å². The van der Waals surface area contributed by atoms with Crippen molar-refractivity contribution in [3.8, 4) is 5.88 Å². The van der Waals surface area contributed by atoms with Crippen LogP contribution in [0, 0.1) is 11.3 Å². The number of fused-ring (bicyclic) bond motifs is 4. The van der Waals surface area contributed by atoms with Gasteiger partial charge in [0.15, 0.2) is 15.5 Å². The number of thiazole rings is 1. The number of aromatic nitrogens is 3. The Hall–Kier alpha value is -2.00. The molecule has 0 saturated carbocycles. The Bertz CT molecular complexity index is 788. The van der Waals surface area contributed by atoms with Crippen molar-refractivity contribution in [2.45, 2.75) is 19.8 Å². The predicted molar refractivity (Wildman–Crippen MR) is 96.1 cm³/mol. The third kappa shape index (κ3) is 3.13. The van der Waals surface area contributed by atoms with Crippen molar-refractivity contribution >= 4 is 32.8 Å². The topological polar surface area (TPSA) is 92.3 Å². The van der Waals surface area contributed by atoms with Crippen LogP contribution < -0.4 is 15.4 Å². The van der Waals surface area contributed by atoms with Gasteiger partial charge in [-0.15, -0.1) is 0 Å². The van der Waals surface area contributed by atoms with Crippen molar-refractivity contribution < 1.29 is 9.53 Å². The van der Waals surface area contributed by atoms with Crippen molar-refractivity contribution in [1.29, 1.82) is 0 Å². The number of rotatable bonds is 4. The summed E-state index contributed by atoms with van der Waals surface area (Å²) in [7, 11) is 1.54. The van der Waals surface area contributed by atoms with E-state index in [1.807, 2.05) is 0 Å². The molecule has 0 spiro atoms. The SMILES string of the molecule is COc1ncnc2sc(NC(=O)NC[C@]3(C)CN4CCC3CC4)nc12. The third-order valence-electron chi connectivity index (χ3n) is 5.39. The van der Waals surface area contributed by atoms with Crippen LogP contribution in [0.5, 0.6) is 5.88 Å². The Labute approximate surface area is 150 Å². The van der Waals surface area contributed by atoms with Gasteiger partial charge >= 0.3 is 6.03 Å². The number of carbonyl (C=O) groups excluding carboxylic acids is 1. The first-order chi connectivity index (χ1) is 12.1. The fourth-order valence-electron chi connectivity index (χ4n) is 3.99. The number of ether oxygens (including phenoxy) is 1. The zero-order valence-corrected chi connectivity index (χ0v) is 15.2. The van der Waals surface area contributed by atoms with Gasteiger partial charge in [-0.25, -0.2) is 14.8 Å². The van der Waals surface area contributed by atoms with Crippen LogP contribution in [0.1, 0.15) is 19.8 Å². The van der Waals surface area contributed by atoms with Gasteiger partial charge in [0.25, 0.3) is 0 Å². The summed E-state index contributed by atoms with van der Waals surface area (Å²) >= 11 is 1.31. The van der Waals surface area contributed by atoms with E-state index in [2.05, 4.69) is 37.4 Å². The van der Waals surface area contributed by atoms with Gasteiger partial charge in [0.05, 0.1) is 7.11 Å². The van der Waals surface area contributed by atoms with E-state index < -0.39 is 0 Å². The highest BCUT2D eigenvalue weighted by Gasteiger charge is 2.43. The normalized spacial score (nSPS) is 28.1. The van der Waals surface area contributed by atoms with Gasteiger partial charge in [-0.05, 0) is 31.8 Å². The number of nitrogens with one attached hydrogen (secondary N) is 2. The van der Waals surface area contributed by atoms with E-state index in [9.17, 15) is 4.79 Å². The molecule has 2 aromatic rings. The van der Waals surface area contributed by atoms with Crippen LogP contribution in [0.25, 0.3) is 10.3 Å². The molecule has 2 N–H and O–H groups in total. The van der Waals surface area contributed by atoms with Crippen molar-refractivity contribution in [2.24, 2.45) is 11.3 Å². The standard InChI is InChI=1S/C16H22N6O2S/c1-16(8-22-5-3-10(16)4-6-22)7-17-14(23)21-15-20-11-12(24-2)18-9-19-13(11)25-15/h9-10H,3-8H2,1-2H3,(H2,17,20,21,23)/t16-/m1/s1. The summed E-state index contributed by atoms with van der Waals surface area (Å²) in [6, 6.07) is -0.233. The number of urea groups is 1. The fraction of sp³-hybridized carbons (Fsp3) is 0.625. The molecule has 5 rings (SSSR count). The molecular formula is C16H22N6O2S. The van der Waals surface area contributed by atoms with E-state index in [1.54, 1.807) is 0 Å². The van der Waals surface area contributed by atoms with Crippen LogP contribution in [0.4, 0.5) is 9.93 Å². The smallest absolute Gasteiger partial charge is 0.321 e. The number of piperidine rings is 3. The number of carbonyl (C=O) groups is 1. The summed E-state index contributed by atoms with van der Waals surface area (Å²) in [6.45, 7) is 6.41. The third-order valence-corrected chi connectivity index (χ3v) is 6.27. The van der Waals surface area contributed by atoms with E-state index in [0.29, 0.717) is 33.8 Å². The second kappa shape index (κ2) is 6.38. The van der Waals surface area contributed by atoms with E-state index in [4.69, 9.17) is 4.74 Å². The second-order valence-corrected chi connectivity index (χ2v) is 8.05. The van der Waals surface area contributed by atoms with Crippen LogP contribution in [-0.2, 0) is 0 Å². The summed E-state index contributed by atoms with van der Waals surface area (Å²) in [6.07, 6.45) is 3.89. The molecule has 0 aliphatic carbocycles. The minimum Gasteiger partial charge on any atom is -0.479 e. The van der Waals surface area contributed by atoms with Gasteiger partial charge in [-0.2, -0.15) is 4.98 Å². The maximum absolute atomic E-state index is 12.3. The molecule has 3 aliphatic heterocycles. The molecule has 0 aromatic carbocycles. The number of nitrogens with zero attached hydrogens (tertiary/aromatic N) is 4. The number of hydrogen-bond acceptors (Lipinski definition) is 7. The summed E-state index contributed by atoms with van der Waals surface area (Å²) in [5.41, 5.74) is 0.713. The molecule has 3 fully saturated rings. The van der Waals surface area contributed by atoms with Gasteiger partial charge in [-0.3, -0.25) is 5.32 Å². The molecule has 0 unspecified atom stereocenters. The zero-order chi connectivity index (χ0) is 17.4. The largest absolute Gasteiger partial charge is 0.479 e. The van der Waals surface area contributed by atoms with Gasteiger partial charge in [0, 0.05) is 18.5 Å². The maximum Gasteiger partial charge on any atom is 0.321 e. The Morgan fingerprint density at radius 2 is 2.24 bits per heavy atom.